The molecule has 0 unspecified atom stereocenters. The number of hydrogen-bond donors (Lipinski definition) is 2. The number of methoxy groups -OCH3 is 1. The first-order valence-corrected chi connectivity index (χ1v) is 7.22. The molecule has 4 heteroatoms. The van der Waals surface area contributed by atoms with Crippen molar-refractivity contribution in [1.29, 1.82) is 0 Å². The summed E-state index contributed by atoms with van der Waals surface area (Å²) >= 11 is 0. The Morgan fingerprint density at radius 1 is 1.20 bits per heavy atom. The van der Waals surface area contributed by atoms with E-state index in [1.807, 2.05) is 24.3 Å². The van der Waals surface area contributed by atoms with Gasteiger partial charge in [0.1, 0.15) is 5.75 Å². The van der Waals surface area contributed by atoms with Crippen molar-refractivity contribution >= 4 is 5.91 Å². The molecular weight excluding hydrogens is 252 g/mol. The van der Waals surface area contributed by atoms with Gasteiger partial charge >= 0.3 is 0 Å². The first-order valence-electron chi connectivity index (χ1n) is 7.22. The fourth-order valence-electron chi connectivity index (χ4n) is 1.75. The monoisotopic (exact) mass is 278 g/mol. The molecule has 0 radical (unpaired) electrons. The second-order valence-electron chi connectivity index (χ2n) is 5.31. The molecule has 112 valence electrons. The summed E-state index contributed by atoms with van der Waals surface area (Å²) in [5.74, 6) is 1.61. The van der Waals surface area contributed by atoms with E-state index in [1.54, 1.807) is 7.11 Å². The molecule has 4 nitrogen and oxygen atoms in total. The third-order valence-corrected chi connectivity index (χ3v) is 3.08. The Morgan fingerprint density at radius 2 is 1.90 bits per heavy atom. The first-order chi connectivity index (χ1) is 9.61. The quantitative estimate of drug-likeness (QED) is 0.682. The number of benzene rings is 1. The van der Waals surface area contributed by atoms with E-state index in [4.69, 9.17) is 4.74 Å². The molecule has 0 saturated carbocycles. The molecule has 0 fully saturated rings. The molecule has 0 aliphatic heterocycles. The van der Waals surface area contributed by atoms with E-state index in [0.29, 0.717) is 18.9 Å². The van der Waals surface area contributed by atoms with Gasteiger partial charge in [0.2, 0.25) is 5.91 Å². The van der Waals surface area contributed by atoms with Gasteiger partial charge in [-0.25, -0.2) is 0 Å². The van der Waals surface area contributed by atoms with Crippen molar-refractivity contribution in [2.45, 2.75) is 33.2 Å². The molecule has 0 bridgehead atoms. The summed E-state index contributed by atoms with van der Waals surface area (Å²) in [4.78, 5) is 11.7. The van der Waals surface area contributed by atoms with Gasteiger partial charge in [0.15, 0.2) is 0 Å². The molecule has 1 aromatic rings. The van der Waals surface area contributed by atoms with Crippen molar-refractivity contribution in [1.82, 2.24) is 10.6 Å². The molecule has 1 rings (SSSR count). The number of carbonyl (C=O) groups is 1. The van der Waals surface area contributed by atoms with E-state index < -0.39 is 0 Å². The first kappa shape index (κ1) is 16.5. The summed E-state index contributed by atoms with van der Waals surface area (Å²) in [6.07, 6.45) is 1.67. The lowest BCUT2D eigenvalue weighted by Crippen LogP contribution is -2.28. The maximum Gasteiger partial charge on any atom is 0.221 e. The minimum Gasteiger partial charge on any atom is -0.497 e. The average molecular weight is 278 g/mol. The Bertz CT molecular complexity index is 388. The molecule has 0 atom stereocenters. The third kappa shape index (κ3) is 7.14. The largest absolute Gasteiger partial charge is 0.497 e. The lowest BCUT2D eigenvalue weighted by molar-refractivity contribution is -0.121. The zero-order valence-electron chi connectivity index (χ0n) is 12.7. The molecule has 2 N–H and O–H groups in total. The van der Waals surface area contributed by atoms with Gasteiger partial charge in [0.05, 0.1) is 7.11 Å². The second-order valence-corrected chi connectivity index (χ2v) is 5.31. The summed E-state index contributed by atoms with van der Waals surface area (Å²) in [6, 6.07) is 7.71. The lowest BCUT2D eigenvalue weighted by atomic mass is 10.1. The topological polar surface area (TPSA) is 50.4 Å². The Hall–Kier alpha value is -1.55. The van der Waals surface area contributed by atoms with Crippen LogP contribution in [-0.2, 0) is 11.3 Å². The van der Waals surface area contributed by atoms with Gasteiger partial charge in [-0.15, -0.1) is 0 Å². The van der Waals surface area contributed by atoms with E-state index in [-0.39, 0.29) is 5.91 Å². The zero-order valence-corrected chi connectivity index (χ0v) is 12.7. The Kier molecular flexibility index (Phi) is 7.73. The molecule has 0 saturated heterocycles. The predicted molar refractivity (Wildman–Crippen MR) is 81.8 cm³/mol. The summed E-state index contributed by atoms with van der Waals surface area (Å²) in [6.45, 7) is 6.67. The molecular formula is C16H26N2O2. The summed E-state index contributed by atoms with van der Waals surface area (Å²) in [7, 11) is 1.64. The maximum absolute atomic E-state index is 11.7. The summed E-state index contributed by atoms with van der Waals surface area (Å²) < 4.78 is 5.09. The number of rotatable bonds is 9. The van der Waals surface area contributed by atoms with Crippen LogP contribution in [0.15, 0.2) is 24.3 Å². The van der Waals surface area contributed by atoms with Gasteiger partial charge < -0.3 is 15.4 Å². The Labute approximate surface area is 121 Å². The second kappa shape index (κ2) is 9.37. The number of carbonyl (C=O) groups excluding carboxylic acids is 1. The minimum absolute atomic E-state index is 0.0814. The highest BCUT2D eigenvalue weighted by molar-refractivity contribution is 5.76. The van der Waals surface area contributed by atoms with Crippen molar-refractivity contribution in [2.24, 2.45) is 5.92 Å². The highest BCUT2D eigenvalue weighted by Crippen LogP contribution is 2.10. The van der Waals surface area contributed by atoms with Crippen LogP contribution >= 0.6 is 0 Å². The highest BCUT2D eigenvalue weighted by atomic mass is 16.5. The Balaban J connectivity index is 2.13. The fraction of sp³-hybridized carbons (Fsp3) is 0.562. The molecule has 20 heavy (non-hydrogen) atoms. The average Bonchev–Trinajstić information content (AvgIpc) is 2.45. The van der Waals surface area contributed by atoms with Gasteiger partial charge in [-0.3, -0.25) is 4.79 Å². The summed E-state index contributed by atoms with van der Waals surface area (Å²) in [5.41, 5.74) is 1.08. The predicted octanol–water partition coefficient (Wildman–Crippen LogP) is 2.34. The van der Waals surface area contributed by atoms with Crippen LogP contribution in [0, 0.1) is 5.92 Å². The highest BCUT2D eigenvalue weighted by Gasteiger charge is 2.01. The SMILES string of the molecule is COc1ccc(CNC(=O)CCNCCC(C)C)cc1. The third-order valence-electron chi connectivity index (χ3n) is 3.08. The molecule has 0 aromatic heterocycles. The van der Waals surface area contributed by atoms with Crippen LogP contribution in [0.3, 0.4) is 0 Å². The lowest BCUT2D eigenvalue weighted by Gasteiger charge is -2.08. The van der Waals surface area contributed by atoms with Crippen LogP contribution in [0.25, 0.3) is 0 Å². The van der Waals surface area contributed by atoms with Crippen molar-refractivity contribution in [3.8, 4) is 5.75 Å². The van der Waals surface area contributed by atoms with Gasteiger partial charge in [0.25, 0.3) is 0 Å². The standard InChI is InChI=1S/C16H26N2O2/c1-13(2)8-10-17-11-9-16(19)18-12-14-4-6-15(20-3)7-5-14/h4-7,13,17H,8-12H2,1-3H3,(H,18,19). The number of ether oxygens (including phenoxy) is 1. The molecule has 0 aliphatic rings. The van der Waals surface area contributed by atoms with Crippen LogP contribution in [0.2, 0.25) is 0 Å². The van der Waals surface area contributed by atoms with Crippen molar-refractivity contribution < 1.29 is 9.53 Å². The molecule has 0 spiro atoms. The van der Waals surface area contributed by atoms with Crippen LogP contribution in [0.5, 0.6) is 5.75 Å². The van der Waals surface area contributed by atoms with Crippen molar-refractivity contribution in [3.63, 3.8) is 0 Å². The molecule has 1 aromatic carbocycles. The van der Waals surface area contributed by atoms with E-state index >= 15 is 0 Å². The van der Waals surface area contributed by atoms with Crippen LogP contribution in [0.1, 0.15) is 32.3 Å². The molecule has 0 aliphatic carbocycles. The fourth-order valence-corrected chi connectivity index (χ4v) is 1.75. The maximum atomic E-state index is 11.7. The van der Waals surface area contributed by atoms with E-state index in [1.165, 1.54) is 0 Å². The van der Waals surface area contributed by atoms with Gasteiger partial charge in [-0.1, -0.05) is 26.0 Å². The van der Waals surface area contributed by atoms with Gasteiger partial charge in [0, 0.05) is 19.5 Å². The van der Waals surface area contributed by atoms with E-state index in [0.717, 1.165) is 30.8 Å². The number of hydrogen-bond acceptors (Lipinski definition) is 3. The zero-order chi connectivity index (χ0) is 14.8. The number of nitrogens with one attached hydrogen (secondary N) is 2. The van der Waals surface area contributed by atoms with Gasteiger partial charge in [-0.2, -0.15) is 0 Å². The smallest absolute Gasteiger partial charge is 0.221 e. The minimum atomic E-state index is 0.0814. The van der Waals surface area contributed by atoms with E-state index in [2.05, 4.69) is 24.5 Å². The van der Waals surface area contributed by atoms with Crippen LogP contribution in [0.4, 0.5) is 0 Å². The Morgan fingerprint density at radius 3 is 2.50 bits per heavy atom. The molecule has 0 heterocycles. The van der Waals surface area contributed by atoms with Crippen LogP contribution < -0.4 is 15.4 Å². The van der Waals surface area contributed by atoms with Crippen molar-refractivity contribution in [2.75, 3.05) is 20.2 Å². The van der Waals surface area contributed by atoms with Crippen molar-refractivity contribution in [3.05, 3.63) is 29.8 Å². The van der Waals surface area contributed by atoms with Crippen LogP contribution in [-0.4, -0.2) is 26.1 Å². The summed E-state index contributed by atoms with van der Waals surface area (Å²) in [5, 5.41) is 6.20. The number of amides is 1. The normalized spacial score (nSPS) is 10.6. The molecule has 1 amide bonds. The van der Waals surface area contributed by atoms with E-state index in [9.17, 15) is 4.79 Å². The van der Waals surface area contributed by atoms with Gasteiger partial charge in [-0.05, 0) is 36.6 Å².